The van der Waals surface area contributed by atoms with Gasteiger partial charge in [0.25, 0.3) is 0 Å². The fourth-order valence-corrected chi connectivity index (χ4v) is 2.39. The van der Waals surface area contributed by atoms with Gasteiger partial charge in [-0.3, -0.25) is 0 Å². The Morgan fingerprint density at radius 2 is 0.857 bits per heavy atom. The molecule has 0 bridgehead atoms. The average Bonchev–Trinajstić information content (AvgIpc) is 1.81. The van der Waals surface area contributed by atoms with E-state index in [9.17, 15) is 0 Å². The van der Waals surface area contributed by atoms with Gasteiger partial charge in [-0.1, -0.05) is 104 Å². The third kappa shape index (κ3) is 3.25. The molecule has 0 rings (SSSR count). The highest BCUT2D eigenvalue weighted by Gasteiger charge is 2.67. The molecule has 0 N–H and O–H groups in total. The fraction of sp³-hybridized carbons (Fsp3) is 1.00. The molecule has 0 saturated carbocycles. The summed E-state index contributed by atoms with van der Waals surface area (Å²) in [5.74, 6) is 0. The Bertz CT molecular complexity index is 186. The van der Waals surface area contributed by atoms with Crippen LogP contribution in [0.4, 0.5) is 0 Å². The first kappa shape index (κ1) is 17.0. The second-order valence-electron chi connectivity index (χ2n) is 2.16. The molecule has 0 nitrogen and oxygen atoms in total. The Morgan fingerprint density at radius 1 is 0.571 bits per heavy atom. The highest BCUT2D eigenvalue weighted by molar-refractivity contribution is 7.85. The minimum Gasteiger partial charge on any atom is -0.0937 e. The molecule has 0 aliphatic heterocycles. The van der Waals surface area contributed by atoms with Crippen LogP contribution in [0.25, 0.3) is 0 Å². The van der Waals surface area contributed by atoms with Crippen molar-refractivity contribution in [3.05, 3.63) is 0 Å². The highest BCUT2D eigenvalue weighted by Crippen LogP contribution is 2.63. The molecule has 0 atom stereocenters. The van der Waals surface area contributed by atoms with E-state index in [0.29, 0.717) is 0 Å². The number of alkyl halides is 9. The smallest absolute Gasteiger partial charge is 0.0937 e. The van der Waals surface area contributed by atoms with Gasteiger partial charge in [0.05, 0.1) is 0 Å². The quantitative estimate of drug-likeness (QED) is 0.498. The summed E-state index contributed by atoms with van der Waals surface area (Å²) in [7, 11) is 0. The van der Waals surface area contributed by atoms with Gasteiger partial charge < -0.3 is 0 Å². The maximum Gasteiger partial charge on any atom is 0.226 e. The van der Waals surface area contributed by atoms with Crippen LogP contribution in [0.5, 0.6) is 0 Å². The molecule has 14 heavy (non-hydrogen) atoms. The van der Waals surface area contributed by atoms with Gasteiger partial charge in [0, 0.05) is 0 Å². The van der Waals surface area contributed by atoms with Crippen molar-refractivity contribution in [3.63, 3.8) is 0 Å². The van der Waals surface area contributed by atoms with E-state index in [-0.39, 0.29) is 0 Å². The molecule has 10 heteroatoms. The van der Waals surface area contributed by atoms with E-state index in [1.165, 1.54) is 0 Å². The molecular weight excluding hydrogens is 399 g/mol. The molecule has 0 saturated heterocycles. The topological polar surface area (TPSA) is 0 Å². The highest BCUT2D eigenvalue weighted by atomic mass is 35.6. The maximum atomic E-state index is 5.67. The minimum absolute atomic E-state index is 2.12. The summed E-state index contributed by atoms with van der Waals surface area (Å²) in [6.07, 6.45) is 0. The van der Waals surface area contributed by atoms with Gasteiger partial charge >= 0.3 is 0 Å². The number of halogens is 9. The standard InChI is InChI=1S/C4Cl9S/c5-1(6,3(9,10)11)2(7,8)4(12,13)14. The molecule has 0 aromatic heterocycles. The molecule has 0 aliphatic rings. The van der Waals surface area contributed by atoms with Crippen molar-refractivity contribution in [2.24, 2.45) is 0 Å². The lowest BCUT2D eigenvalue weighted by Gasteiger charge is -2.41. The first-order valence-corrected chi connectivity index (χ1v) is 6.46. The Hall–Kier alpha value is 2.96. The van der Waals surface area contributed by atoms with E-state index in [1.54, 1.807) is 0 Å². The predicted molar refractivity (Wildman–Crippen MR) is 71.2 cm³/mol. The van der Waals surface area contributed by atoms with Gasteiger partial charge in [-0.25, -0.2) is 0 Å². The largest absolute Gasteiger partial charge is 0.226 e. The van der Waals surface area contributed by atoms with E-state index in [1.807, 2.05) is 0 Å². The summed E-state index contributed by atoms with van der Waals surface area (Å²) < 4.78 is -8.87. The van der Waals surface area contributed by atoms with Crippen LogP contribution in [0, 0.1) is 0 Å². The molecule has 0 spiro atoms. The molecule has 0 amide bonds. The first-order chi connectivity index (χ1) is 5.75. The number of hydrogen-bond donors (Lipinski definition) is 0. The molecule has 1 radical (unpaired) electrons. The van der Waals surface area contributed by atoms with Crippen molar-refractivity contribution in [1.29, 1.82) is 0 Å². The molecule has 85 valence electrons. The van der Waals surface area contributed by atoms with Crippen LogP contribution in [0.1, 0.15) is 0 Å². The van der Waals surface area contributed by atoms with Crippen LogP contribution in [0.3, 0.4) is 0 Å². The van der Waals surface area contributed by atoms with Crippen LogP contribution in [0.15, 0.2) is 0 Å². The van der Waals surface area contributed by atoms with Gasteiger partial charge in [-0.15, -0.1) is 0 Å². The van der Waals surface area contributed by atoms with Crippen molar-refractivity contribution in [2.75, 3.05) is 0 Å². The normalized spacial score (nSPS) is 15.9. The molecule has 0 aromatic carbocycles. The Labute approximate surface area is 132 Å². The Balaban J connectivity index is 5.30. The van der Waals surface area contributed by atoms with Crippen LogP contribution in [0.2, 0.25) is 0 Å². The molecule has 0 fully saturated rings. The van der Waals surface area contributed by atoms with Crippen molar-refractivity contribution in [2.45, 2.75) is 16.1 Å². The van der Waals surface area contributed by atoms with E-state index < -0.39 is 16.1 Å². The van der Waals surface area contributed by atoms with Crippen LogP contribution < -0.4 is 0 Å². The Kier molecular flexibility index (Phi) is 5.95. The van der Waals surface area contributed by atoms with Crippen molar-refractivity contribution < 1.29 is 0 Å². The first-order valence-electron chi connectivity index (χ1n) is 2.65. The zero-order valence-electron chi connectivity index (χ0n) is 5.81. The molecule has 0 unspecified atom stereocenters. The number of rotatable bonds is 2. The van der Waals surface area contributed by atoms with Gasteiger partial charge in [-0.05, 0) is 12.6 Å². The molecule has 0 heterocycles. The minimum atomic E-state index is -2.28. The Morgan fingerprint density at radius 3 is 0.929 bits per heavy atom. The summed E-state index contributed by atoms with van der Waals surface area (Å²) in [6.45, 7) is 0. The SMILES string of the molecule is [S]C(Cl)(Cl)C(Cl)(Cl)C(Cl)(Cl)C(Cl)(Cl)Cl. The zero-order valence-corrected chi connectivity index (χ0v) is 13.4. The van der Waals surface area contributed by atoms with Crippen LogP contribution in [-0.2, 0) is 0 Å². The van der Waals surface area contributed by atoms with Crippen LogP contribution in [-0.4, -0.2) is 16.1 Å². The summed E-state index contributed by atoms with van der Waals surface area (Å²) in [5.41, 5.74) is 0. The van der Waals surface area contributed by atoms with E-state index in [2.05, 4.69) is 12.6 Å². The second kappa shape index (κ2) is 4.91. The third-order valence-corrected chi connectivity index (χ3v) is 6.69. The van der Waals surface area contributed by atoms with Gasteiger partial charge in [-0.2, -0.15) is 0 Å². The fourth-order valence-electron chi connectivity index (χ4n) is 0.361. The molecule has 0 aliphatic carbocycles. The number of hydrogen-bond acceptors (Lipinski definition) is 0. The predicted octanol–water partition coefficient (Wildman–Crippen LogP) is 6.03. The second-order valence-corrected chi connectivity index (χ2v) is 9.49. The molecular formula is C4Cl9S. The van der Waals surface area contributed by atoms with Crippen LogP contribution >= 0.6 is 117 Å². The van der Waals surface area contributed by atoms with E-state index in [4.69, 9.17) is 104 Å². The average molecular weight is 399 g/mol. The summed E-state index contributed by atoms with van der Waals surface area (Å²) in [5, 5.41) is 0. The van der Waals surface area contributed by atoms with Gasteiger partial charge in [0.2, 0.25) is 11.8 Å². The van der Waals surface area contributed by atoms with Gasteiger partial charge in [0.1, 0.15) is 0 Å². The van der Waals surface area contributed by atoms with E-state index in [0.717, 1.165) is 0 Å². The lowest BCUT2D eigenvalue weighted by Crippen LogP contribution is -2.54. The van der Waals surface area contributed by atoms with Crippen molar-refractivity contribution in [1.82, 2.24) is 0 Å². The zero-order chi connectivity index (χ0) is 12.0. The van der Waals surface area contributed by atoms with Crippen molar-refractivity contribution >= 4 is 117 Å². The van der Waals surface area contributed by atoms with Gasteiger partial charge in [0.15, 0.2) is 4.33 Å². The summed E-state index contributed by atoms with van der Waals surface area (Å²) in [4.78, 5) is 0. The van der Waals surface area contributed by atoms with Crippen molar-refractivity contribution in [3.8, 4) is 0 Å². The lowest BCUT2D eigenvalue weighted by molar-refractivity contribution is 0.678. The van der Waals surface area contributed by atoms with E-state index >= 15 is 0 Å². The lowest BCUT2D eigenvalue weighted by atomic mass is 10.3. The summed E-state index contributed by atoms with van der Waals surface area (Å²) >= 11 is 54.5. The third-order valence-electron chi connectivity index (χ3n) is 1.12. The monoisotopic (exact) mass is 395 g/mol. The molecule has 0 aromatic rings. The summed E-state index contributed by atoms with van der Waals surface area (Å²) in [6, 6.07) is 0. The maximum absolute atomic E-state index is 5.67.